The number of hydrogen-bond acceptors (Lipinski definition) is 4. The first-order chi connectivity index (χ1) is 13.4. The van der Waals surface area contributed by atoms with Crippen molar-refractivity contribution in [1.82, 2.24) is 4.90 Å². The molecule has 2 amide bonds. The molecule has 0 radical (unpaired) electrons. The SMILES string of the molecule is CN(C)c1ccc(NC(=O)C2(C)CCCN2C(=O)OCc2ccccc2)cc1. The van der Waals surface area contributed by atoms with E-state index in [0.717, 1.165) is 17.7 Å². The lowest BCUT2D eigenvalue weighted by atomic mass is 9.97. The van der Waals surface area contributed by atoms with E-state index < -0.39 is 11.6 Å². The van der Waals surface area contributed by atoms with Crippen LogP contribution in [0.3, 0.4) is 0 Å². The lowest BCUT2D eigenvalue weighted by molar-refractivity contribution is -0.125. The molecule has 1 aliphatic heterocycles. The molecule has 28 heavy (non-hydrogen) atoms. The third kappa shape index (κ3) is 4.27. The van der Waals surface area contributed by atoms with Gasteiger partial charge in [-0.05, 0) is 49.6 Å². The summed E-state index contributed by atoms with van der Waals surface area (Å²) in [5.74, 6) is -0.195. The number of benzene rings is 2. The number of rotatable bonds is 5. The first-order valence-corrected chi connectivity index (χ1v) is 9.47. The molecule has 1 unspecified atom stereocenters. The maximum Gasteiger partial charge on any atom is 0.410 e. The monoisotopic (exact) mass is 381 g/mol. The van der Waals surface area contributed by atoms with Gasteiger partial charge in [-0.25, -0.2) is 4.79 Å². The summed E-state index contributed by atoms with van der Waals surface area (Å²) in [7, 11) is 3.93. The van der Waals surface area contributed by atoms with E-state index in [0.29, 0.717) is 18.7 Å². The van der Waals surface area contributed by atoms with Gasteiger partial charge in [-0.15, -0.1) is 0 Å². The van der Waals surface area contributed by atoms with Crippen LogP contribution in [0.4, 0.5) is 16.2 Å². The minimum absolute atomic E-state index is 0.194. The van der Waals surface area contributed by atoms with E-state index in [4.69, 9.17) is 4.74 Å². The molecule has 0 bridgehead atoms. The van der Waals surface area contributed by atoms with Crippen LogP contribution in [0.1, 0.15) is 25.3 Å². The third-order valence-corrected chi connectivity index (χ3v) is 5.20. The molecule has 2 aromatic rings. The van der Waals surface area contributed by atoms with E-state index >= 15 is 0 Å². The predicted molar refractivity (Wildman–Crippen MR) is 110 cm³/mol. The summed E-state index contributed by atoms with van der Waals surface area (Å²) in [4.78, 5) is 29.1. The van der Waals surface area contributed by atoms with Crippen LogP contribution < -0.4 is 10.2 Å². The smallest absolute Gasteiger partial charge is 0.410 e. The van der Waals surface area contributed by atoms with Crippen molar-refractivity contribution < 1.29 is 14.3 Å². The molecule has 1 aliphatic rings. The van der Waals surface area contributed by atoms with Crippen molar-refractivity contribution in [2.45, 2.75) is 31.9 Å². The highest BCUT2D eigenvalue weighted by molar-refractivity contribution is 6.00. The van der Waals surface area contributed by atoms with E-state index in [9.17, 15) is 9.59 Å². The Balaban J connectivity index is 1.65. The Morgan fingerprint density at radius 3 is 2.43 bits per heavy atom. The number of nitrogens with one attached hydrogen (secondary N) is 1. The molecule has 0 spiro atoms. The topological polar surface area (TPSA) is 61.9 Å². The third-order valence-electron chi connectivity index (χ3n) is 5.20. The molecule has 3 rings (SSSR count). The summed E-state index contributed by atoms with van der Waals surface area (Å²) in [6.45, 7) is 2.50. The molecule has 148 valence electrons. The summed E-state index contributed by atoms with van der Waals surface area (Å²) in [6, 6.07) is 17.1. The number of carbonyl (C=O) groups is 2. The van der Waals surface area contributed by atoms with E-state index in [1.54, 1.807) is 11.8 Å². The first kappa shape index (κ1) is 19.7. The van der Waals surface area contributed by atoms with E-state index in [2.05, 4.69) is 5.32 Å². The molecule has 1 fully saturated rings. The molecule has 0 aliphatic carbocycles. The Morgan fingerprint density at radius 2 is 1.79 bits per heavy atom. The zero-order valence-electron chi connectivity index (χ0n) is 16.6. The minimum Gasteiger partial charge on any atom is -0.445 e. The number of anilines is 2. The van der Waals surface area contributed by atoms with Gasteiger partial charge < -0.3 is 15.0 Å². The van der Waals surface area contributed by atoms with Crippen molar-refractivity contribution in [2.75, 3.05) is 30.9 Å². The quantitative estimate of drug-likeness (QED) is 0.854. The summed E-state index contributed by atoms with van der Waals surface area (Å²) in [5, 5.41) is 2.94. The number of carbonyl (C=O) groups excluding carboxylic acids is 2. The molecule has 1 atom stereocenters. The van der Waals surface area contributed by atoms with Gasteiger partial charge in [-0.3, -0.25) is 9.69 Å². The lowest BCUT2D eigenvalue weighted by Crippen LogP contribution is -2.53. The number of likely N-dealkylation sites (tertiary alicyclic amines) is 1. The second kappa shape index (κ2) is 8.33. The number of ether oxygens (including phenoxy) is 1. The molecule has 2 aromatic carbocycles. The zero-order chi connectivity index (χ0) is 20.1. The van der Waals surface area contributed by atoms with Crippen molar-refractivity contribution in [3.8, 4) is 0 Å². The van der Waals surface area contributed by atoms with E-state index in [1.807, 2.05) is 73.6 Å². The maximum absolute atomic E-state index is 13.0. The largest absolute Gasteiger partial charge is 0.445 e. The molecule has 1 N–H and O–H groups in total. The van der Waals surface area contributed by atoms with Crippen LogP contribution >= 0.6 is 0 Å². The van der Waals surface area contributed by atoms with Gasteiger partial charge in [0.25, 0.3) is 0 Å². The normalized spacial score (nSPS) is 18.6. The van der Waals surface area contributed by atoms with Crippen molar-refractivity contribution in [1.29, 1.82) is 0 Å². The summed E-state index contributed by atoms with van der Waals surface area (Å²) in [5.41, 5.74) is 1.76. The molecule has 6 nitrogen and oxygen atoms in total. The Hall–Kier alpha value is -3.02. The van der Waals surface area contributed by atoms with Crippen molar-refractivity contribution >= 4 is 23.4 Å². The second-order valence-corrected chi connectivity index (χ2v) is 7.46. The van der Waals surface area contributed by atoms with Gasteiger partial charge in [0.1, 0.15) is 12.1 Å². The highest BCUT2D eigenvalue weighted by Gasteiger charge is 2.46. The van der Waals surface area contributed by atoms with E-state index in [1.165, 1.54) is 0 Å². The van der Waals surface area contributed by atoms with Crippen LogP contribution in [-0.2, 0) is 16.1 Å². The van der Waals surface area contributed by atoms with Crippen LogP contribution in [0.5, 0.6) is 0 Å². The molecule has 0 saturated carbocycles. The van der Waals surface area contributed by atoms with Gasteiger partial charge >= 0.3 is 6.09 Å². The van der Waals surface area contributed by atoms with Gasteiger partial charge in [0.2, 0.25) is 5.91 Å². The standard InChI is InChI=1S/C22H27N3O3/c1-22(20(26)23-18-10-12-19(13-11-18)24(2)3)14-7-15-25(22)21(27)28-16-17-8-5-4-6-9-17/h4-6,8-13H,7,14-16H2,1-3H3,(H,23,26). The molecular formula is C22H27N3O3. The first-order valence-electron chi connectivity index (χ1n) is 9.47. The van der Waals surface area contributed by atoms with Crippen LogP contribution in [0.25, 0.3) is 0 Å². The fourth-order valence-electron chi connectivity index (χ4n) is 3.40. The zero-order valence-corrected chi connectivity index (χ0v) is 16.6. The lowest BCUT2D eigenvalue weighted by Gasteiger charge is -2.33. The van der Waals surface area contributed by atoms with Crippen LogP contribution in [-0.4, -0.2) is 43.1 Å². The number of hydrogen-bond donors (Lipinski definition) is 1. The van der Waals surface area contributed by atoms with Crippen LogP contribution in [0.15, 0.2) is 54.6 Å². The van der Waals surface area contributed by atoms with E-state index in [-0.39, 0.29) is 12.5 Å². The number of nitrogens with zero attached hydrogens (tertiary/aromatic N) is 2. The van der Waals surface area contributed by atoms with Crippen molar-refractivity contribution in [3.63, 3.8) is 0 Å². The van der Waals surface area contributed by atoms with Gasteiger partial charge in [0.15, 0.2) is 0 Å². The molecule has 1 heterocycles. The van der Waals surface area contributed by atoms with Gasteiger partial charge in [0, 0.05) is 32.0 Å². The minimum atomic E-state index is -0.923. The average molecular weight is 381 g/mol. The van der Waals surface area contributed by atoms with Gasteiger partial charge in [0.05, 0.1) is 0 Å². The fraction of sp³-hybridized carbons (Fsp3) is 0.364. The Morgan fingerprint density at radius 1 is 1.11 bits per heavy atom. The summed E-state index contributed by atoms with van der Waals surface area (Å²) >= 11 is 0. The Kier molecular flexibility index (Phi) is 5.87. The van der Waals surface area contributed by atoms with Gasteiger partial charge in [-0.2, -0.15) is 0 Å². The number of amides is 2. The summed E-state index contributed by atoms with van der Waals surface area (Å²) in [6.07, 6.45) is 0.917. The Labute approximate surface area is 166 Å². The molecule has 6 heteroatoms. The predicted octanol–water partition coefficient (Wildman–Crippen LogP) is 3.88. The van der Waals surface area contributed by atoms with Crippen molar-refractivity contribution in [3.05, 3.63) is 60.2 Å². The maximum atomic E-state index is 13.0. The average Bonchev–Trinajstić information content (AvgIpc) is 3.10. The Bertz CT molecular complexity index is 821. The van der Waals surface area contributed by atoms with Gasteiger partial charge in [-0.1, -0.05) is 30.3 Å². The van der Waals surface area contributed by atoms with Crippen LogP contribution in [0.2, 0.25) is 0 Å². The molecular weight excluding hydrogens is 354 g/mol. The van der Waals surface area contributed by atoms with Crippen molar-refractivity contribution in [2.24, 2.45) is 0 Å². The molecule has 0 aromatic heterocycles. The highest BCUT2D eigenvalue weighted by atomic mass is 16.6. The summed E-state index contributed by atoms with van der Waals surface area (Å²) < 4.78 is 5.45. The highest BCUT2D eigenvalue weighted by Crippen LogP contribution is 2.31. The molecule has 1 saturated heterocycles. The second-order valence-electron chi connectivity index (χ2n) is 7.46. The fourth-order valence-corrected chi connectivity index (χ4v) is 3.40. The van der Waals surface area contributed by atoms with Crippen LogP contribution in [0, 0.1) is 0 Å².